The summed E-state index contributed by atoms with van der Waals surface area (Å²) in [5.41, 5.74) is -0.948. The molecule has 2 unspecified atom stereocenters. The van der Waals surface area contributed by atoms with E-state index < -0.39 is 17.8 Å². The van der Waals surface area contributed by atoms with Crippen LogP contribution in [0.2, 0.25) is 0 Å². The fourth-order valence-electron chi connectivity index (χ4n) is 1.75. The number of benzene rings is 1. The number of alkyl halides is 3. The van der Waals surface area contributed by atoms with Crippen molar-refractivity contribution in [2.45, 2.75) is 33.0 Å². The fraction of sp³-hybridized carbons (Fsp3) is 0.533. The number of anilines is 1. The summed E-state index contributed by atoms with van der Waals surface area (Å²) in [7, 11) is 0. The highest BCUT2D eigenvalue weighted by molar-refractivity contribution is 5.91. The van der Waals surface area contributed by atoms with Gasteiger partial charge in [-0.05, 0) is 38.0 Å². The molecule has 0 fully saturated rings. The van der Waals surface area contributed by atoms with Gasteiger partial charge in [-0.15, -0.1) is 0 Å². The zero-order valence-electron chi connectivity index (χ0n) is 13.2. The van der Waals surface area contributed by atoms with E-state index in [4.69, 9.17) is 9.84 Å². The number of carbonyl (C=O) groups excluding carboxylic acids is 1. The van der Waals surface area contributed by atoms with Gasteiger partial charge in [0.25, 0.3) is 0 Å². The molecule has 0 aromatic heterocycles. The van der Waals surface area contributed by atoms with Crippen LogP contribution in [0, 0.1) is 5.92 Å². The summed E-state index contributed by atoms with van der Waals surface area (Å²) in [6.45, 7) is 5.25. The third kappa shape index (κ3) is 5.63. The van der Waals surface area contributed by atoms with Gasteiger partial charge in [0.05, 0.1) is 17.9 Å². The molecule has 1 rings (SSSR count). The van der Waals surface area contributed by atoms with Gasteiger partial charge in [-0.2, -0.15) is 13.2 Å². The maximum atomic E-state index is 12.8. The first-order valence-corrected chi connectivity index (χ1v) is 7.21. The summed E-state index contributed by atoms with van der Waals surface area (Å²) in [5, 5.41) is 14.0. The number of urea groups is 1. The first kappa shape index (κ1) is 19.1. The molecular formula is C15H21F3N2O3. The molecule has 2 atom stereocenters. The van der Waals surface area contributed by atoms with Gasteiger partial charge in [0.2, 0.25) is 0 Å². The van der Waals surface area contributed by atoms with Crippen molar-refractivity contribution in [3.63, 3.8) is 0 Å². The molecule has 0 saturated carbocycles. The maximum absolute atomic E-state index is 12.8. The predicted octanol–water partition coefficient (Wildman–Crippen LogP) is 3.24. The normalized spacial score (nSPS) is 14.0. The van der Waals surface area contributed by atoms with Crippen LogP contribution in [0.15, 0.2) is 18.2 Å². The minimum Gasteiger partial charge on any atom is -0.492 e. The molecule has 0 aliphatic carbocycles. The van der Waals surface area contributed by atoms with Gasteiger partial charge in [-0.25, -0.2) is 4.79 Å². The maximum Gasteiger partial charge on any atom is 0.416 e. The van der Waals surface area contributed by atoms with Crippen molar-refractivity contribution in [2.75, 3.05) is 18.5 Å². The number of hydrogen-bond acceptors (Lipinski definition) is 3. The molecule has 1 aromatic carbocycles. The number of amides is 2. The molecule has 5 nitrogen and oxygen atoms in total. The summed E-state index contributed by atoms with van der Waals surface area (Å²) in [4.78, 5) is 11.9. The molecule has 2 amide bonds. The Morgan fingerprint density at radius 3 is 2.52 bits per heavy atom. The van der Waals surface area contributed by atoms with Gasteiger partial charge < -0.3 is 20.5 Å². The molecule has 0 aliphatic rings. The van der Waals surface area contributed by atoms with Gasteiger partial charge >= 0.3 is 12.2 Å². The van der Waals surface area contributed by atoms with E-state index in [9.17, 15) is 18.0 Å². The number of aliphatic hydroxyl groups is 1. The fourth-order valence-corrected chi connectivity index (χ4v) is 1.75. The number of hydrogen-bond donors (Lipinski definition) is 3. The molecule has 0 radical (unpaired) electrons. The van der Waals surface area contributed by atoms with Crippen molar-refractivity contribution in [1.29, 1.82) is 0 Å². The predicted molar refractivity (Wildman–Crippen MR) is 80.5 cm³/mol. The molecule has 1 aromatic rings. The number of halogens is 3. The van der Waals surface area contributed by atoms with E-state index in [1.54, 1.807) is 20.8 Å². The average Bonchev–Trinajstić information content (AvgIpc) is 2.47. The van der Waals surface area contributed by atoms with Gasteiger partial charge in [-0.1, -0.05) is 6.92 Å². The van der Waals surface area contributed by atoms with Gasteiger partial charge in [0, 0.05) is 12.6 Å². The second kappa shape index (κ2) is 8.05. The Bertz CT molecular complexity index is 535. The summed E-state index contributed by atoms with van der Waals surface area (Å²) in [6.07, 6.45) is -4.52. The largest absolute Gasteiger partial charge is 0.492 e. The van der Waals surface area contributed by atoms with Gasteiger partial charge in [0.1, 0.15) is 5.75 Å². The average molecular weight is 334 g/mol. The first-order valence-electron chi connectivity index (χ1n) is 7.21. The van der Waals surface area contributed by atoms with E-state index in [1.165, 1.54) is 6.07 Å². The van der Waals surface area contributed by atoms with Crippen molar-refractivity contribution in [2.24, 2.45) is 5.92 Å². The molecular weight excluding hydrogens is 313 g/mol. The van der Waals surface area contributed by atoms with Crippen LogP contribution in [0.25, 0.3) is 0 Å². The number of nitrogens with one attached hydrogen (secondary N) is 2. The van der Waals surface area contributed by atoms with Gasteiger partial charge in [-0.3, -0.25) is 0 Å². The zero-order chi connectivity index (χ0) is 17.6. The lowest BCUT2D eigenvalue weighted by atomic mass is 10.1. The highest BCUT2D eigenvalue weighted by atomic mass is 19.4. The third-order valence-electron chi connectivity index (χ3n) is 3.36. The molecule has 0 heterocycles. The Morgan fingerprint density at radius 2 is 2.00 bits per heavy atom. The summed E-state index contributed by atoms with van der Waals surface area (Å²) in [5.74, 6) is -0.0351. The lowest BCUT2D eigenvalue weighted by Crippen LogP contribution is -2.40. The van der Waals surface area contributed by atoms with Crippen LogP contribution >= 0.6 is 0 Å². The molecule has 0 saturated heterocycles. The van der Waals surface area contributed by atoms with Crippen molar-refractivity contribution in [3.8, 4) is 5.75 Å². The third-order valence-corrected chi connectivity index (χ3v) is 3.36. The second-order valence-electron chi connectivity index (χ2n) is 5.19. The minimum absolute atomic E-state index is 0.0666. The van der Waals surface area contributed by atoms with Crippen LogP contribution in [0.3, 0.4) is 0 Å². The summed E-state index contributed by atoms with van der Waals surface area (Å²) < 4.78 is 43.6. The van der Waals surface area contributed by atoms with Crippen molar-refractivity contribution < 1.29 is 27.8 Å². The standard InChI is InChI=1S/C15H21F3N2O3/c1-4-23-13-6-5-11(15(16,17)18)7-12(13)20-14(22)19-10(3)9(2)8-21/h5-7,9-10,21H,4,8H2,1-3H3,(H2,19,20,22). The monoisotopic (exact) mass is 334 g/mol. The number of ether oxygens (including phenoxy) is 1. The molecule has 0 bridgehead atoms. The smallest absolute Gasteiger partial charge is 0.416 e. The Hall–Kier alpha value is -1.96. The topological polar surface area (TPSA) is 70.6 Å². The highest BCUT2D eigenvalue weighted by Crippen LogP contribution is 2.35. The van der Waals surface area contributed by atoms with E-state index in [0.29, 0.717) is 0 Å². The first-order chi connectivity index (χ1) is 10.7. The van der Waals surface area contributed by atoms with E-state index in [0.717, 1.165) is 12.1 Å². The van der Waals surface area contributed by atoms with Crippen LogP contribution in [0.4, 0.5) is 23.7 Å². The minimum atomic E-state index is -4.52. The number of rotatable bonds is 6. The SMILES string of the molecule is CCOc1ccc(C(F)(F)F)cc1NC(=O)NC(C)C(C)CO. The Labute approximate surface area is 132 Å². The second-order valence-corrected chi connectivity index (χ2v) is 5.19. The molecule has 0 spiro atoms. The van der Waals surface area contributed by atoms with E-state index in [-0.39, 0.29) is 36.6 Å². The van der Waals surface area contributed by atoms with Crippen LogP contribution < -0.4 is 15.4 Å². The summed E-state index contributed by atoms with van der Waals surface area (Å²) in [6, 6.07) is 1.87. The highest BCUT2D eigenvalue weighted by Gasteiger charge is 2.31. The van der Waals surface area contributed by atoms with Crippen LogP contribution in [0.1, 0.15) is 26.3 Å². The Balaban J connectivity index is 2.93. The van der Waals surface area contributed by atoms with Crippen LogP contribution in [-0.2, 0) is 6.18 Å². The lowest BCUT2D eigenvalue weighted by Gasteiger charge is -2.20. The van der Waals surface area contributed by atoms with Gasteiger partial charge in [0.15, 0.2) is 0 Å². The van der Waals surface area contributed by atoms with Crippen molar-refractivity contribution >= 4 is 11.7 Å². The zero-order valence-corrected chi connectivity index (χ0v) is 13.2. The lowest BCUT2D eigenvalue weighted by molar-refractivity contribution is -0.137. The van der Waals surface area contributed by atoms with E-state index >= 15 is 0 Å². The number of aliphatic hydroxyl groups excluding tert-OH is 1. The molecule has 8 heteroatoms. The van der Waals surface area contributed by atoms with E-state index in [2.05, 4.69) is 10.6 Å². The van der Waals surface area contributed by atoms with Crippen molar-refractivity contribution in [3.05, 3.63) is 23.8 Å². The molecule has 23 heavy (non-hydrogen) atoms. The molecule has 0 aliphatic heterocycles. The Kier molecular flexibility index (Phi) is 6.68. The number of carbonyl (C=O) groups is 1. The Morgan fingerprint density at radius 1 is 1.35 bits per heavy atom. The van der Waals surface area contributed by atoms with Crippen molar-refractivity contribution in [1.82, 2.24) is 5.32 Å². The van der Waals surface area contributed by atoms with Crippen LogP contribution in [0.5, 0.6) is 5.75 Å². The van der Waals surface area contributed by atoms with Crippen LogP contribution in [-0.4, -0.2) is 30.4 Å². The van der Waals surface area contributed by atoms with E-state index in [1.807, 2.05) is 0 Å². The quantitative estimate of drug-likeness (QED) is 0.748. The summed E-state index contributed by atoms with van der Waals surface area (Å²) >= 11 is 0. The molecule has 3 N–H and O–H groups in total. The molecule has 130 valence electrons.